The fraction of sp³-hybridized carbons (Fsp3) is 0.833. The first-order valence-electron chi connectivity index (χ1n) is 6.48. The number of hydrogen-bond donors (Lipinski definition) is 2. The lowest BCUT2D eigenvalue weighted by Gasteiger charge is -2.07. The highest BCUT2D eigenvalue weighted by Gasteiger charge is 2.38. The van der Waals surface area contributed by atoms with Crippen LogP contribution in [0.15, 0.2) is 0 Å². The molecule has 0 saturated carbocycles. The van der Waals surface area contributed by atoms with E-state index in [-0.39, 0.29) is 12.5 Å². The van der Waals surface area contributed by atoms with Crippen molar-refractivity contribution in [3.63, 3.8) is 0 Å². The van der Waals surface area contributed by atoms with Crippen LogP contribution in [0.3, 0.4) is 0 Å². The zero-order valence-corrected chi connectivity index (χ0v) is 11.5. The molecule has 0 radical (unpaired) electrons. The summed E-state index contributed by atoms with van der Waals surface area (Å²) in [5.74, 6) is -2.01. The standard InChI is InChI=1S/C12H21F3N2O3/c1-20-9-5-8-16-10(18)6-3-2-4-7-17-11(19)12(13,14)15/h2-9H2,1H3,(H,16,18)(H,17,19). The monoisotopic (exact) mass is 298 g/mol. The molecule has 0 aliphatic heterocycles. The first-order valence-corrected chi connectivity index (χ1v) is 6.48. The average molecular weight is 298 g/mol. The minimum atomic E-state index is -4.83. The highest BCUT2D eigenvalue weighted by molar-refractivity contribution is 5.81. The van der Waals surface area contributed by atoms with Crippen molar-refractivity contribution in [2.75, 3.05) is 26.8 Å². The summed E-state index contributed by atoms with van der Waals surface area (Å²) >= 11 is 0. The van der Waals surface area contributed by atoms with E-state index in [2.05, 4.69) is 5.32 Å². The lowest BCUT2D eigenvalue weighted by Crippen LogP contribution is -2.37. The summed E-state index contributed by atoms with van der Waals surface area (Å²) in [6.45, 7) is 1.10. The predicted octanol–water partition coefficient (Wildman–Crippen LogP) is 1.38. The summed E-state index contributed by atoms with van der Waals surface area (Å²) in [5, 5.41) is 4.49. The van der Waals surface area contributed by atoms with Crippen molar-refractivity contribution >= 4 is 11.8 Å². The van der Waals surface area contributed by atoms with Crippen LogP contribution < -0.4 is 10.6 Å². The van der Waals surface area contributed by atoms with Crippen LogP contribution in [-0.4, -0.2) is 44.8 Å². The van der Waals surface area contributed by atoms with Gasteiger partial charge in [-0.05, 0) is 19.3 Å². The molecule has 0 bridgehead atoms. The van der Waals surface area contributed by atoms with Crippen molar-refractivity contribution in [3.8, 4) is 0 Å². The van der Waals surface area contributed by atoms with Crippen LogP contribution >= 0.6 is 0 Å². The molecular formula is C12H21F3N2O3. The van der Waals surface area contributed by atoms with Gasteiger partial charge in [0.2, 0.25) is 5.91 Å². The molecular weight excluding hydrogens is 277 g/mol. The Kier molecular flexibility index (Phi) is 9.79. The third-order valence-corrected chi connectivity index (χ3v) is 2.47. The van der Waals surface area contributed by atoms with Crippen LogP contribution in [0.4, 0.5) is 13.2 Å². The Labute approximate surface area is 116 Å². The van der Waals surface area contributed by atoms with Crippen molar-refractivity contribution in [3.05, 3.63) is 0 Å². The van der Waals surface area contributed by atoms with E-state index in [1.165, 1.54) is 0 Å². The van der Waals surface area contributed by atoms with Gasteiger partial charge >= 0.3 is 12.1 Å². The second kappa shape index (κ2) is 10.5. The first kappa shape index (κ1) is 18.7. The molecule has 0 aliphatic rings. The van der Waals surface area contributed by atoms with Crippen LogP contribution in [0.25, 0.3) is 0 Å². The topological polar surface area (TPSA) is 67.4 Å². The number of unbranched alkanes of at least 4 members (excludes halogenated alkanes) is 2. The van der Waals surface area contributed by atoms with E-state index < -0.39 is 12.1 Å². The maximum Gasteiger partial charge on any atom is 0.471 e. The van der Waals surface area contributed by atoms with Gasteiger partial charge in [0.15, 0.2) is 0 Å². The Morgan fingerprint density at radius 3 is 2.25 bits per heavy atom. The van der Waals surface area contributed by atoms with Gasteiger partial charge in [0.1, 0.15) is 0 Å². The van der Waals surface area contributed by atoms with Crippen molar-refractivity contribution in [1.29, 1.82) is 0 Å². The van der Waals surface area contributed by atoms with Crippen LogP contribution in [0, 0.1) is 0 Å². The summed E-state index contributed by atoms with van der Waals surface area (Å²) in [5.41, 5.74) is 0. The van der Waals surface area contributed by atoms with Gasteiger partial charge < -0.3 is 15.4 Å². The zero-order chi connectivity index (χ0) is 15.4. The predicted molar refractivity (Wildman–Crippen MR) is 67.0 cm³/mol. The Morgan fingerprint density at radius 1 is 1.00 bits per heavy atom. The second-order valence-corrected chi connectivity index (χ2v) is 4.26. The molecule has 0 aromatic heterocycles. The third-order valence-electron chi connectivity index (χ3n) is 2.47. The van der Waals surface area contributed by atoms with Crippen LogP contribution in [0.5, 0.6) is 0 Å². The number of carbonyl (C=O) groups excluding carboxylic acids is 2. The van der Waals surface area contributed by atoms with Crippen molar-refractivity contribution < 1.29 is 27.5 Å². The van der Waals surface area contributed by atoms with Crippen LogP contribution in [-0.2, 0) is 14.3 Å². The third kappa shape index (κ3) is 10.6. The number of rotatable bonds is 10. The summed E-state index contributed by atoms with van der Waals surface area (Å²) in [6, 6.07) is 0. The summed E-state index contributed by atoms with van der Waals surface area (Å²) in [6.07, 6.45) is -2.17. The van der Waals surface area contributed by atoms with Gasteiger partial charge in [-0.2, -0.15) is 13.2 Å². The van der Waals surface area contributed by atoms with Crippen molar-refractivity contribution in [1.82, 2.24) is 10.6 Å². The molecule has 0 saturated heterocycles. The molecule has 0 atom stereocenters. The maximum atomic E-state index is 11.8. The molecule has 0 unspecified atom stereocenters. The Morgan fingerprint density at radius 2 is 1.65 bits per heavy atom. The van der Waals surface area contributed by atoms with Crippen LogP contribution in [0.1, 0.15) is 32.1 Å². The van der Waals surface area contributed by atoms with E-state index in [0.29, 0.717) is 38.8 Å². The highest BCUT2D eigenvalue weighted by atomic mass is 19.4. The molecule has 0 spiro atoms. The van der Waals surface area contributed by atoms with E-state index in [1.54, 1.807) is 12.4 Å². The lowest BCUT2D eigenvalue weighted by atomic mass is 10.2. The first-order chi connectivity index (χ1) is 9.38. The molecule has 0 rings (SSSR count). The van der Waals surface area contributed by atoms with E-state index in [0.717, 1.165) is 6.42 Å². The van der Waals surface area contributed by atoms with E-state index >= 15 is 0 Å². The molecule has 8 heteroatoms. The van der Waals surface area contributed by atoms with Gasteiger partial charge in [-0.3, -0.25) is 9.59 Å². The number of nitrogens with one attached hydrogen (secondary N) is 2. The van der Waals surface area contributed by atoms with Crippen molar-refractivity contribution in [2.24, 2.45) is 0 Å². The Bertz CT molecular complexity index is 296. The molecule has 0 aromatic carbocycles. The number of amides is 2. The second-order valence-electron chi connectivity index (χ2n) is 4.26. The number of halogens is 3. The quantitative estimate of drug-likeness (QED) is 0.599. The SMILES string of the molecule is COCCCNC(=O)CCCCCNC(=O)C(F)(F)F. The average Bonchev–Trinajstić information content (AvgIpc) is 2.37. The minimum Gasteiger partial charge on any atom is -0.385 e. The van der Waals surface area contributed by atoms with E-state index in [1.807, 2.05) is 0 Å². The largest absolute Gasteiger partial charge is 0.471 e. The number of alkyl halides is 3. The number of carbonyl (C=O) groups is 2. The number of ether oxygens (including phenoxy) is 1. The highest BCUT2D eigenvalue weighted by Crippen LogP contribution is 2.13. The van der Waals surface area contributed by atoms with Gasteiger partial charge in [-0.15, -0.1) is 0 Å². The lowest BCUT2D eigenvalue weighted by molar-refractivity contribution is -0.173. The zero-order valence-electron chi connectivity index (χ0n) is 11.5. The van der Waals surface area contributed by atoms with Gasteiger partial charge in [0.05, 0.1) is 0 Å². The molecule has 0 aliphatic carbocycles. The van der Waals surface area contributed by atoms with Gasteiger partial charge in [0.25, 0.3) is 0 Å². The van der Waals surface area contributed by atoms with Crippen LogP contribution in [0.2, 0.25) is 0 Å². The summed E-state index contributed by atoms with van der Waals surface area (Å²) in [4.78, 5) is 21.8. The minimum absolute atomic E-state index is 0.0339. The molecule has 0 heterocycles. The normalized spacial score (nSPS) is 11.2. The summed E-state index contributed by atoms with van der Waals surface area (Å²) in [7, 11) is 1.58. The molecule has 20 heavy (non-hydrogen) atoms. The molecule has 2 amide bonds. The Hall–Kier alpha value is -1.31. The Balaban J connectivity index is 3.40. The fourth-order valence-electron chi connectivity index (χ4n) is 1.42. The molecule has 118 valence electrons. The van der Waals surface area contributed by atoms with E-state index in [9.17, 15) is 22.8 Å². The number of methoxy groups -OCH3 is 1. The molecule has 0 fully saturated rings. The maximum absolute atomic E-state index is 11.8. The summed E-state index contributed by atoms with van der Waals surface area (Å²) < 4.78 is 40.3. The van der Waals surface area contributed by atoms with E-state index in [4.69, 9.17) is 4.74 Å². The molecule has 5 nitrogen and oxygen atoms in total. The number of hydrogen-bond acceptors (Lipinski definition) is 3. The van der Waals surface area contributed by atoms with Crippen molar-refractivity contribution in [2.45, 2.75) is 38.3 Å². The van der Waals surface area contributed by atoms with Gasteiger partial charge in [0, 0.05) is 33.2 Å². The smallest absolute Gasteiger partial charge is 0.385 e. The van der Waals surface area contributed by atoms with Gasteiger partial charge in [-0.1, -0.05) is 6.42 Å². The van der Waals surface area contributed by atoms with Gasteiger partial charge in [-0.25, -0.2) is 0 Å². The molecule has 0 aromatic rings. The fourth-order valence-corrected chi connectivity index (χ4v) is 1.42. The molecule has 2 N–H and O–H groups in total.